The zero-order valence-electron chi connectivity index (χ0n) is 18.9. The first-order valence-corrected chi connectivity index (χ1v) is 12.8. The summed E-state index contributed by atoms with van der Waals surface area (Å²) in [6.45, 7) is 2.47. The lowest BCUT2D eigenvalue weighted by molar-refractivity contribution is -0.114. The predicted octanol–water partition coefficient (Wildman–Crippen LogP) is 4.57. The normalized spacial score (nSPS) is 16.7. The molecule has 174 valence electrons. The molecule has 0 aliphatic carbocycles. The molecule has 5 rings (SSSR count). The lowest BCUT2D eigenvalue weighted by Gasteiger charge is -2.25. The van der Waals surface area contributed by atoms with Gasteiger partial charge in [-0.05, 0) is 54.8 Å². The number of para-hydroxylation sites is 2. The minimum absolute atomic E-state index is 0.201. The number of nitrogens with one attached hydrogen (secondary N) is 1. The molecule has 0 unspecified atom stereocenters. The summed E-state index contributed by atoms with van der Waals surface area (Å²) in [5, 5.41) is 2.67. The number of hydrogen-bond donors (Lipinski definition) is 1. The second kappa shape index (κ2) is 9.04. The van der Waals surface area contributed by atoms with Crippen molar-refractivity contribution < 1.29 is 13.2 Å². The van der Waals surface area contributed by atoms with Crippen molar-refractivity contribution in [3.63, 3.8) is 0 Å². The number of carbonyl (C=O) groups is 1. The molecule has 1 amide bonds. The van der Waals surface area contributed by atoms with Crippen LogP contribution < -0.4 is 5.32 Å². The van der Waals surface area contributed by atoms with E-state index in [1.807, 2.05) is 42.5 Å². The standard InChI is InChI=1S/C26H26N4O3S/c1-19(31)27-21-13-15-22(16-14-21)34(32,33)30-17-7-12-25(30)26-28-23-10-5-6-11-24(23)29(26)18-20-8-3-2-4-9-20/h2-6,8-11,13-16,25H,7,12,17-18H2,1H3,(H,27,31)/t25-/m0/s1. The fourth-order valence-corrected chi connectivity index (χ4v) is 6.27. The van der Waals surface area contributed by atoms with E-state index in [4.69, 9.17) is 4.98 Å². The summed E-state index contributed by atoms with van der Waals surface area (Å²) in [6, 6.07) is 24.0. The average Bonchev–Trinajstić information content (AvgIpc) is 3.45. The Labute approximate surface area is 199 Å². The number of sulfonamides is 1. The van der Waals surface area contributed by atoms with E-state index < -0.39 is 10.0 Å². The predicted molar refractivity (Wildman–Crippen MR) is 132 cm³/mol. The van der Waals surface area contributed by atoms with Crippen LogP contribution in [0.15, 0.2) is 83.8 Å². The fourth-order valence-electron chi connectivity index (χ4n) is 4.62. The number of anilines is 1. The molecular weight excluding hydrogens is 448 g/mol. The van der Waals surface area contributed by atoms with E-state index in [2.05, 4.69) is 22.0 Å². The van der Waals surface area contributed by atoms with Crippen LogP contribution in [0.5, 0.6) is 0 Å². The smallest absolute Gasteiger partial charge is 0.243 e. The Kier molecular flexibility index (Phi) is 5.93. The van der Waals surface area contributed by atoms with Crippen LogP contribution in [0.25, 0.3) is 11.0 Å². The van der Waals surface area contributed by atoms with Gasteiger partial charge in [0.2, 0.25) is 15.9 Å². The van der Waals surface area contributed by atoms with Crippen molar-refractivity contribution in [1.82, 2.24) is 13.9 Å². The number of benzene rings is 3. The molecule has 3 aromatic carbocycles. The molecule has 7 nitrogen and oxygen atoms in total. The number of carbonyl (C=O) groups excluding carboxylic acids is 1. The van der Waals surface area contributed by atoms with Crippen molar-refractivity contribution in [2.75, 3.05) is 11.9 Å². The summed E-state index contributed by atoms with van der Waals surface area (Å²) in [6.07, 6.45) is 1.48. The Bertz CT molecular complexity index is 1430. The molecule has 2 heterocycles. The Balaban J connectivity index is 1.53. The molecule has 1 fully saturated rings. The van der Waals surface area contributed by atoms with Crippen LogP contribution in [-0.2, 0) is 21.4 Å². The van der Waals surface area contributed by atoms with Gasteiger partial charge in [-0.1, -0.05) is 42.5 Å². The highest BCUT2D eigenvalue weighted by Crippen LogP contribution is 2.38. The largest absolute Gasteiger partial charge is 0.326 e. The maximum atomic E-state index is 13.6. The summed E-state index contributed by atoms with van der Waals surface area (Å²) in [5.41, 5.74) is 3.55. The first-order valence-electron chi connectivity index (χ1n) is 11.3. The molecule has 1 saturated heterocycles. The summed E-state index contributed by atoms with van der Waals surface area (Å²) in [7, 11) is -3.74. The van der Waals surface area contributed by atoms with Crippen LogP contribution in [0.1, 0.15) is 37.2 Å². The molecule has 1 N–H and O–H groups in total. The van der Waals surface area contributed by atoms with E-state index in [1.165, 1.54) is 6.92 Å². The summed E-state index contributed by atoms with van der Waals surface area (Å²) in [5.74, 6) is 0.563. The van der Waals surface area contributed by atoms with E-state index in [-0.39, 0.29) is 16.8 Å². The summed E-state index contributed by atoms with van der Waals surface area (Å²) >= 11 is 0. The summed E-state index contributed by atoms with van der Waals surface area (Å²) < 4.78 is 31.0. The molecule has 0 spiro atoms. The van der Waals surface area contributed by atoms with Crippen molar-refractivity contribution in [2.24, 2.45) is 0 Å². The number of nitrogens with zero attached hydrogens (tertiary/aromatic N) is 3. The number of amides is 1. The zero-order chi connectivity index (χ0) is 23.7. The number of imidazole rings is 1. The Morgan fingerprint density at radius 3 is 2.44 bits per heavy atom. The third-order valence-electron chi connectivity index (χ3n) is 6.15. The van der Waals surface area contributed by atoms with Gasteiger partial charge in [-0.3, -0.25) is 4.79 Å². The van der Waals surface area contributed by atoms with E-state index >= 15 is 0 Å². The number of fused-ring (bicyclic) bond motifs is 1. The second-order valence-electron chi connectivity index (χ2n) is 8.51. The van der Waals surface area contributed by atoms with Crippen molar-refractivity contribution in [2.45, 2.75) is 37.2 Å². The van der Waals surface area contributed by atoms with Crippen molar-refractivity contribution in [3.8, 4) is 0 Å². The molecule has 0 radical (unpaired) electrons. The van der Waals surface area contributed by atoms with Crippen LogP contribution in [0, 0.1) is 0 Å². The quantitative estimate of drug-likeness (QED) is 0.444. The van der Waals surface area contributed by atoms with Crippen LogP contribution >= 0.6 is 0 Å². The van der Waals surface area contributed by atoms with E-state index in [1.54, 1.807) is 28.6 Å². The highest BCUT2D eigenvalue weighted by molar-refractivity contribution is 7.89. The minimum atomic E-state index is -3.74. The van der Waals surface area contributed by atoms with Gasteiger partial charge in [0.15, 0.2) is 0 Å². The van der Waals surface area contributed by atoms with Gasteiger partial charge in [0, 0.05) is 25.7 Å². The number of hydrogen-bond acceptors (Lipinski definition) is 4. The van der Waals surface area contributed by atoms with E-state index in [0.717, 1.165) is 28.8 Å². The number of rotatable bonds is 6. The Morgan fingerprint density at radius 2 is 1.71 bits per heavy atom. The highest BCUT2D eigenvalue weighted by Gasteiger charge is 2.39. The molecule has 1 atom stereocenters. The molecule has 1 aliphatic rings. The first kappa shape index (κ1) is 22.3. The molecule has 8 heteroatoms. The fraction of sp³-hybridized carbons (Fsp3) is 0.231. The number of aromatic nitrogens is 2. The third kappa shape index (κ3) is 4.22. The molecular formula is C26H26N4O3S. The lowest BCUT2D eigenvalue weighted by atomic mass is 10.2. The van der Waals surface area contributed by atoms with E-state index in [9.17, 15) is 13.2 Å². The molecule has 0 saturated carbocycles. The zero-order valence-corrected chi connectivity index (χ0v) is 19.7. The molecule has 34 heavy (non-hydrogen) atoms. The SMILES string of the molecule is CC(=O)Nc1ccc(S(=O)(=O)N2CCC[C@H]2c2nc3ccccc3n2Cc2ccccc2)cc1. The van der Waals surface area contributed by atoms with Gasteiger partial charge in [-0.25, -0.2) is 13.4 Å². The monoisotopic (exact) mass is 474 g/mol. The van der Waals surface area contributed by atoms with Crippen molar-refractivity contribution in [1.29, 1.82) is 0 Å². The molecule has 0 bridgehead atoms. The van der Waals surface area contributed by atoms with Gasteiger partial charge < -0.3 is 9.88 Å². The van der Waals surface area contributed by atoms with Crippen LogP contribution in [0.4, 0.5) is 5.69 Å². The summed E-state index contributed by atoms with van der Waals surface area (Å²) in [4.78, 5) is 16.4. The molecule has 1 aliphatic heterocycles. The topological polar surface area (TPSA) is 84.3 Å². The van der Waals surface area contributed by atoms with Gasteiger partial charge >= 0.3 is 0 Å². The van der Waals surface area contributed by atoms with Gasteiger partial charge in [0.1, 0.15) is 5.82 Å². The van der Waals surface area contributed by atoms with Gasteiger partial charge in [0.25, 0.3) is 0 Å². The Morgan fingerprint density at radius 1 is 1.00 bits per heavy atom. The average molecular weight is 475 g/mol. The lowest BCUT2D eigenvalue weighted by Crippen LogP contribution is -2.32. The maximum absolute atomic E-state index is 13.6. The van der Waals surface area contributed by atoms with Crippen molar-refractivity contribution >= 4 is 32.7 Å². The third-order valence-corrected chi connectivity index (χ3v) is 8.07. The molecule has 1 aromatic heterocycles. The van der Waals surface area contributed by atoms with Gasteiger partial charge in [-0.15, -0.1) is 0 Å². The Hall–Kier alpha value is -3.49. The van der Waals surface area contributed by atoms with Gasteiger partial charge in [0.05, 0.1) is 22.0 Å². The highest BCUT2D eigenvalue weighted by atomic mass is 32.2. The van der Waals surface area contributed by atoms with Gasteiger partial charge in [-0.2, -0.15) is 4.31 Å². The maximum Gasteiger partial charge on any atom is 0.243 e. The van der Waals surface area contributed by atoms with Crippen LogP contribution in [0.3, 0.4) is 0 Å². The van der Waals surface area contributed by atoms with Crippen molar-refractivity contribution in [3.05, 3.63) is 90.3 Å². The van der Waals surface area contributed by atoms with Crippen LogP contribution in [-0.4, -0.2) is 34.7 Å². The molecule has 4 aromatic rings. The second-order valence-corrected chi connectivity index (χ2v) is 10.4. The van der Waals surface area contributed by atoms with Crippen LogP contribution in [0.2, 0.25) is 0 Å². The minimum Gasteiger partial charge on any atom is -0.326 e. The van der Waals surface area contributed by atoms with E-state index in [0.29, 0.717) is 25.2 Å². The first-order chi connectivity index (χ1) is 16.4.